The van der Waals surface area contributed by atoms with Gasteiger partial charge >= 0.3 is 71.5 Å². The largest absolute Gasteiger partial charge is 1.00 e. The van der Waals surface area contributed by atoms with E-state index in [1.54, 1.807) is 0 Å². The topological polar surface area (TPSA) is 66.4 Å². The van der Waals surface area contributed by atoms with Gasteiger partial charge < -0.3 is 9.29 Å². The van der Waals surface area contributed by atoms with Crippen LogP contribution in [0.15, 0.2) is 40.8 Å². The molecule has 0 N–H and O–H groups in total. The minimum absolute atomic E-state index is 0. The van der Waals surface area contributed by atoms with Crippen LogP contribution >= 0.6 is 0 Å². The smallest absolute Gasteiger partial charge is 0.744 e. The van der Waals surface area contributed by atoms with Crippen LogP contribution in [0, 0.1) is 0 Å². The van der Waals surface area contributed by atoms with Gasteiger partial charge in [0.25, 0.3) is 0 Å². The van der Waals surface area contributed by atoms with E-state index in [-0.39, 0.29) is 41.7 Å². The van der Waals surface area contributed by atoms with Crippen LogP contribution in [0.5, 0.6) is 5.75 Å². The molecule has 0 bridgehead atoms. The van der Waals surface area contributed by atoms with Crippen molar-refractivity contribution in [2.45, 2.75) is 46.8 Å². The van der Waals surface area contributed by atoms with E-state index in [2.05, 4.69) is 4.74 Å². The quantitative estimate of drug-likeness (QED) is 0.240. The van der Waals surface area contributed by atoms with Crippen LogP contribution < -0.4 is 34.3 Å². The molecular formula is C15H4F17NaO4S. The fourth-order valence-corrected chi connectivity index (χ4v) is 2.56. The number of alkyl halides is 15. The number of halogens is 17. The van der Waals surface area contributed by atoms with Crippen molar-refractivity contribution < 1.29 is 122 Å². The monoisotopic (exact) mass is 626 g/mol. The van der Waals surface area contributed by atoms with E-state index in [1.165, 1.54) is 0 Å². The first-order chi connectivity index (χ1) is 16.0. The summed E-state index contributed by atoms with van der Waals surface area (Å²) in [5.41, 5.74) is 0. The number of benzene rings is 1. The molecule has 0 aromatic heterocycles. The Morgan fingerprint density at radius 3 is 1.50 bits per heavy atom. The van der Waals surface area contributed by atoms with Crippen molar-refractivity contribution in [1.29, 1.82) is 0 Å². The average molecular weight is 626 g/mol. The van der Waals surface area contributed by atoms with Crippen molar-refractivity contribution in [2.75, 3.05) is 0 Å². The zero-order valence-corrected chi connectivity index (χ0v) is 20.1. The Bertz CT molecular complexity index is 1160. The van der Waals surface area contributed by atoms with Gasteiger partial charge in [0.2, 0.25) is 11.7 Å². The van der Waals surface area contributed by atoms with E-state index in [4.69, 9.17) is 0 Å². The van der Waals surface area contributed by atoms with Crippen LogP contribution in [0.3, 0.4) is 0 Å². The van der Waals surface area contributed by atoms with Gasteiger partial charge in [-0.1, -0.05) is 6.07 Å². The summed E-state index contributed by atoms with van der Waals surface area (Å²) in [7, 11) is -5.48. The molecule has 4 nitrogen and oxygen atoms in total. The fourth-order valence-electron chi connectivity index (χ4n) is 2.06. The molecular weight excluding hydrogens is 622 g/mol. The molecule has 1 rings (SSSR count). The minimum Gasteiger partial charge on any atom is -0.744 e. The van der Waals surface area contributed by atoms with Gasteiger partial charge in [0.05, 0.1) is 4.90 Å². The summed E-state index contributed by atoms with van der Waals surface area (Å²) in [5.74, 6) is -53.2. The molecule has 0 aliphatic heterocycles. The van der Waals surface area contributed by atoms with Gasteiger partial charge in [-0.25, -0.2) is 12.8 Å². The molecule has 0 heterocycles. The molecule has 214 valence electrons. The first-order valence-corrected chi connectivity index (χ1v) is 9.55. The van der Waals surface area contributed by atoms with Crippen molar-refractivity contribution in [3.05, 3.63) is 35.9 Å². The van der Waals surface area contributed by atoms with E-state index < -0.39 is 74.3 Å². The van der Waals surface area contributed by atoms with Crippen LogP contribution in [0.1, 0.15) is 0 Å². The molecule has 38 heavy (non-hydrogen) atoms. The molecule has 1 aromatic rings. The predicted molar refractivity (Wildman–Crippen MR) is 80.0 cm³/mol. The second-order valence-corrected chi connectivity index (χ2v) is 7.93. The molecule has 0 aliphatic rings. The van der Waals surface area contributed by atoms with E-state index >= 15 is 0 Å². The molecule has 0 amide bonds. The molecule has 0 atom stereocenters. The fraction of sp³-hybridized carbons (Fsp3) is 0.467. The Morgan fingerprint density at radius 2 is 1.11 bits per heavy atom. The Hall–Kier alpha value is -1.52. The number of rotatable bonds is 9. The molecule has 0 saturated carbocycles. The van der Waals surface area contributed by atoms with Crippen molar-refractivity contribution >= 4 is 10.1 Å². The van der Waals surface area contributed by atoms with E-state index in [9.17, 15) is 87.6 Å². The maximum atomic E-state index is 13.7. The second-order valence-electron chi connectivity index (χ2n) is 6.55. The second kappa shape index (κ2) is 10.5. The van der Waals surface area contributed by atoms with Crippen molar-refractivity contribution in [3.63, 3.8) is 0 Å². The number of allylic oxidation sites excluding steroid dienone is 1. The summed E-state index contributed by atoms with van der Waals surface area (Å²) in [6.07, 6.45) is -14.1. The van der Waals surface area contributed by atoms with Crippen molar-refractivity contribution in [1.82, 2.24) is 0 Å². The van der Waals surface area contributed by atoms with Crippen LogP contribution in [-0.4, -0.2) is 54.9 Å². The zero-order chi connectivity index (χ0) is 29.8. The van der Waals surface area contributed by atoms with Crippen LogP contribution in [0.25, 0.3) is 0 Å². The molecule has 23 heteroatoms. The maximum Gasteiger partial charge on any atom is 1.00 e. The summed E-state index contributed by atoms with van der Waals surface area (Å²) in [6.45, 7) is 0. The maximum absolute atomic E-state index is 13.7. The summed E-state index contributed by atoms with van der Waals surface area (Å²) in [6, 6.07) is 0.713. The van der Waals surface area contributed by atoms with Crippen LogP contribution in [-0.2, 0) is 10.1 Å². The third kappa shape index (κ3) is 5.97. The Balaban J connectivity index is 0.0000137. The molecule has 0 saturated heterocycles. The van der Waals surface area contributed by atoms with Gasteiger partial charge in [-0.2, -0.15) is 70.2 Å². The van der Waals surface area contributed by atoms with Crippen LogP contribution in [0.2, 0.25) is 0 Å². The normalized spacial score (nSPS) is 15.5. The van der Waals surface area contributed by atoms with Gasteiger partial charge in [0.15, 0.2) is 0 Å². The first-order valence-electron chi connectivity index (χ1n) is 8.15. The third-order valence-electron chi connectivity index (χ3n) is 4.00. The number of ether oxygens (including phenoxy) is 1. The SMILES string of the molecule is O=S(=O)([O-])c1cccc(OC(F)(F)/C(F)=C(\F)C(F)(F)C(F)(F)C(F)(F)C(F)(F)C(F)(F)C(F)(F)F)c1.[Na+]. The number of hydrogen-bond donors (Lipinski definition) is 0. The predicted octanol–water partition coefficient (Wildman–Crippen LogP) is 3.46. The summed E-state index contributed by atoms with van der Waals surface area (Å²) in [4.78, 5) is -1.45. The molecule has 0 spiro atoms. The van der Waals surface area contributed by atoms with Gasteiger partial charge in [0, 0.05) is 0 Å². The summed E-state index contributed by atoms with van der Waals surface area (Å²) in [5, 5.41) is 0. The molecule has 0 fully saturated rings. The molecule has 0 aliphatic carbocycles. The summed E-state index contributed by atoms with van der Waals surface area (Å²) >= 11 is 0. The van der Waals surface area contributed by atoms with Gasteiger partial charge in [0.1, 0.15) is 15.9 Å². The van der Waals surface area contributed by atoms with Gasteiger partial charge in [-0.3, -0.25) is 0 Å². The van der Waals surface area contributed by atoms with Crippen LogP contribution in [0.4, 0.5) is 74.6 Å². The summed E-state index contributed by atoms with van der Waals surface area (Å²) < 4.78 is 258. The Labute approximate surface area is 220 Å². The van der Waals surface area contributed by atoms with E-state index in [0.717, 1.165) is 0 Å². The van der Waals surface area contributed by atoms with E-state index in [1.807, 2.05) is 0 Å². The molecule has 1 aromatic carbocycles. The Morgan fingerprint density at radius 1 is 0.684 bits per heavy atom. The molecule has 0 radical (unpaired) electrons. The zero-order valence-electron chi connectivity index (χ0n) is 17.3. The third-order valence-corrected chi connectivity index (χ3v) is 4.83. The van der Waals surface area contributed by atoms with Crippen molar-refractivity contribution in [2.24, 2.45) is 0 Å². The number of hydrogen-bond acceptors (Lipinski definition) is 4. The van der Waals surface area contributed by atoms with E-state index in [0.29, 0.717) is 12.1 Å². The average Bonchev–Trinajstić information content (AvgIpc) is 2.70. The first kappa shape index (κ1) is 36.5. The molecule has 0 unspecified atom stereocenters. The van der Waals surface area contributed by atoms with Gasteiger partial charge in [-0.05, 0) is 18.2 Å². The minimum atomic E-state index is -8.60. The standard InChI is InChI=1S/C15H5F17O4S.Na/c16-7(8(17)10(20,21)36-5-2-1-3-6(4-5)37(33,34)35)9(18,19)11(22,23)12(24,25)13(26,27)14(28,29)15(30,31)32;/h1-4H,(H,33,34,35);/q;+1/p-1/b8-7+;. The van der Waals surface area contributed by atoms with Gasteiger partial charge in [-0.15, -0.1) is 0 Å². The Kier molecular flexibility index (Phi) is 10.0. The van der Waals surface area contributed by atoms with Crippen molar-refractivity contribution in [3.8, 4) is 5.75 Å².